The molecule has 1 rings (SSSR count). The summed E-state index contributed by atoms with van der Waals surface area (Å²) in [4.78, 5) is 0. The molecule has 0 heterocycles. The Morgan fingerprint density at radius 2 is 1.89 bits per heavy atom. The molecule has 0 amide bonds. The van der Waals surface area contributed by atoms with E-state index in [0.717, 1.165) is 41.4 Å². The van der Waals surface area contributed by atoms with Crippen molar-refractivity contribution in [2.45, 2.75) is 45.3 Å². The Labute approximate surface area is 126 Å². The summed E-state index contributed by atoms with van der Waals surface area (Å²) in [5.74, 6) is 0. The van der Waals surface area contributed by atoms with Crippen molar-refractivity contribution >= 4 is 23.2 Å². The van der Waals surface area contributed by atoms with E-state index in [9.17, 15) is 0 Å². The Morgan fingerprint density at radius 3 is 2.42 bits per heavy atom. The number of benzene rings is 1. The molecule has 1 aromatic carbocycles. The highest BCUT2D eigenvalue weighted by molar-refractivity contribution is 6.35. The first-order chi connectivity index (χ1) is 9.08. The Morgan fingerprint density at radius 1 is 1.26 bits per heavy atom. The van der Waals surface area contributed by atoms with Crippen molar-refractivity contribution in [2.75, 3.05) is 13.7 Å². The molecule has 0 aliphatic rings. The first-order valence-corrected chi connectivity index (χ1v) is 7.53. The maximum absolute atomic E-state index is 6.23. The van der Waals surface area contributed by atoms with Gasteiger partial charge in [0, 0.05) is 23.2 Å². The van der Waals surface area contributed by atoms with Gasteiger partial charge in [-0.15, -0.1) is 0 Å². The van der Waals surface area contributed by atoms with Gasteiger partial charge < -0.3 is 10.1 Å². The van der Waals surface area contributed by atoms with Crippen LogP contribution in [0.2, 0.25) is 10.0 Å². The van der Waals surface area contributed by atoms with Crippen LogP contribution < -0.4 is 5.32 Å². The van der Waals surface area contributed by atoms with Crippen LogP contribution in [0.25, 0.3) is 0 Å². The predicted molar refractivity (Wildman–Crippen MR) is 83.3 cm³/mol. The molecule has 19 heavy (non-hydrogen) atoms. The fraction of sp³-hybridized carbons (Fsp3) is 0.600. The summed E-state index contributed by atoms with van der Waals surface area (Å²) >= 11 is 12.5. The van der Waals surface area contributed by atoms with Gasteiger partial charge in [-0.25, -0.2) is 0 Å². The van der Waals surface area contributed by atoms with Crippen molar-refractivity contribution in [1.82, 2.24) is 5.32 Å². The van der Waals surface area contributed by atoms with E-state index in [-0.39, 0.29) is 6.10 Å². The molecule has 0 spiro atoms. The van der Waals surface area contributed by atoms with Crippen LogP contribution in [0, 0.1) is 0 Å². The number of rotatable bonds is 8. The molecule has 0 aliphatic heterocycles. The first kappa shape index (κ1) is 16.8. The highest BCUT2D eigenvalue weighted by Gasteiger charge is 2.16. The quantitative estimate of drug-likeness (QED) is 0.772. The maximum atomic E-state index is 6.23. The molecule has 2 atom stereocenters. The van der Waals surface area contributed by atoms with Crippen LogP contribution in [-0.2, 0) is 11.2 Å². The molecule has 1 aromatic rings. The fourth-order valence-electron chi connectivity index (χ4n) is 2.06. The second-order valence-corrected chi connectivity index (χ2v) is 5.65. The van der Waals surface area contributed by atoms with Gasteiger partial charge >= 0.3 is 0 Å². The average molecular weight is 304 g/mol. The van der Waals surface area contributed by atoms with Gasteiger partial charge in [-0.1, -0.05) is 36.2 Å². The van der Waals surface area contributed by atoms with Gasteiger partial charge in [-0.05, 0) is 50.4 Å². The van der Waals surface area contributed by atoms with Crippen LogP contribution in [0.4, 0.5) is 0 Å². The third kappa shape index (κ3) is 5.70. The standard InChI is InChI=1S/C15H23Cl2NO/c1-4-8-18-12(9-11(2)19-3)10-13-14(16)6-5-7-15(13)17/h5-7,11-12,18H,4,8-10H2,1-3H3. The Bertz CT molecular complexity index is 364. The zero-order valence-corrected chi connectivity index (χ0v) is 13.4. The summed E-state index contributed by atoms with van der Waals surface area (Å²) in [7, 11) is 1.74. The lowest BCUT2D eigenvalue weighted by Gasteiger charge is -2.22. The summed E-state index contributed by atoms with van der Waals surface area (Å²) in [6, 6.07) is 5.98. The minimum Gasteiger partial charge on any atom is -0.382 e. The summed E-state index contributed by atoms with van der Waals surface area (Å²) in [6.45, 7) is 5.23. The number of hydrogen-bond donors (Lipinski definition) is 1. The van der Waals surface area contributed by atoms with Gasteiger partial charge in [0.25, 0.3) is 0 Å². The van der Waals surface area contributed by atoms with Crippen molar-refractivity contribution in [3.8, 4) is 0 Å². The van der Waals surface area contributed by atoms with Gasteiger partial charge in [-0.2, -0.15) is 0 Å². The largest absolute Gasteiger partial charge is 0.382 e. The molecule has 0 fully saturated rings. The van der Waals surface area contributed by atoms with Crippen LogP contribution in [0.5, 0.6) is 0 Å². The van der Waals surface area contributed by atoms with Gasteiger partial charge in [-0.3, -0.25) is 0 Å². The minimum atomic E-state index is 0.218. The molecule has 1 N–H and O–H groups in total. The lowest BCUT2D eigenvalue weighted by Crippen LogP contribution is -2.35. The van der Waals surface area contributed by atoms with Gasteiger partial charge in [0.1, 0.15) is 0 Å². The second-order valence-electron chi connectivity index (χ2n) is 4.84. The Balaban J connectivity index is 2.75. The Kier molecular flexibility index (Phi) is 7.77. The van der Waals surface area contributed by atoms with Gasteiger partial charge in [0.15, 0.2) is 0 Å². The molecule has 4 heteroatoms. The highest BCUT2D eigenvalue weighted by atomic mass is 35.5. The molecule has 108 valence electrons. The zero-order chi connectivity index (χ0) is 14.3. The monoisotopic (exact) mass is 303 g/mol. The molecule has 2 unspecified atom stereocenters. The third-order valence-electron chi connectivity index (χ3n) is 3.21. The van der Waals surface area contributed by atoms with E-state index in [0.29, 0.717) is 6.04 Å². The number of hydrogen-bond acceptors (Lipinski definition) is 2. The number of ether oxygens (including phenoxy) is 1. The molecule has 0 aliphatic carbocycles. The molecule has 0 radical (unpaired) electrons. The first-order valence-electron chi connectivity index (χ1n) is 6.77. The summed E-state index contributed by atoms with van der Waals surface area (Å²) in [5.41, 5.74) is 1.02. The van der Waals surface area contributed by atoms with E-state index in [1.54, 1.807) is 7.11 Å². The summed E-state index contributed by atoms with van der Waals surface area (Å²) in [6.07, 6.45) is 3.09. The van der Waals surface area contributed by atoms with E-state index < -0.39 is 0 Å². The van der Waals surface area contributed by atoms with Gasteiger partial charge in [0.2, 0.25) is 0 Å². The van der Waals surface area contributed by atoms with Crippen molar-refractivity contribution in [1.29, 1.82) is 0 Å². The number of halogens is 2. The molecular formula is C15H23Cl2NO. The fourth-order valence-corrected chi connectivity index (χ4v) is 2.61. The summed E-state index contributed by atoms with van der Waals surface area (Å²) < 4.78 is 5.35. The average Bonchev–Trinajstić information content (AvgIpc) is 2.39. The lowest BCUT2D eigenvalue weighted by molar-refractivity contribution is 0.100. The minimum absolute atomic E-state index is 0.218. The third-order valence-corrected chi connectivity index (χ3v) is 3.92. The van der Waals surface area contributed by atoms with E-state index >= 15 is 0 Å². The zero-order valence-electron chi connectivity index (χ0n) is 11.9. The predicted octanol–water partition coefficient (Wildman–Crippen LogP) is 4.33. The van der Waals surface area contributed by atoms with E-state index in [2.05, 4.69) is 19.2 Å². The smallest absolute Gasteiger partial charge is 0.0558 e. The van der Waals surface area contributed by atoms with Crippen molar-refractivity contribution < 1.29 is 4.74 Å². The van der Waals surface area contributed by atoms with Gasteiger partial charge in [0.05, 0.1) is 6.10 Å². The SMILES string of the molecule is CCCNC(Cc1c(Cl)cccc1Cl)CC(C)OC. The normalized spacial score (nSPS) is 14.4. The molecular weight excluding hydrogens is 281 g/mol. The second kappa shape index (κ2) is 8.80. The van der Waals surface area contributed by atoms with Crippen LogP contribution in [0.1, 0.15) is 32.3 Å². The molecule has 0 bridgehead atoms. The molecule has 0 aromatic heterocycles. The van der Waals surface area contributed by atoms with E-state index in [4.69, 9.17) is 27.9 Å². The molecule has 2 nitrogen and oxygen atoms in total. The van der Waals surface area contributed by atoms with E-state index in [1.807, 2.05) is 18.2 Å². The Hall–Kier alpha value is -0.280. The van der Waals surface area contributed by atoms with Crippen LogP contribution in [0.3, 0.4) is 0 Å². The molecule has 0 saturated heterocycles. The topological polar surface area (TPSA) is 21.3 Å². The van der Waals surface area contributed by atoms with Crippen LogP contribution in [-0.4, -0.2) is 25.8 Å². The summed E-state index contributed by atoms with van der Waals surface area (Å²) in [5, 5.41) is 5.01. The maximum Gasteiger partial charge on any atom is 0.0558 e. The number of nitrogens with one attached hydrogen (secondary N) is 1. The van der Waals surface area contributed by atoms with Crippen molar-refractivity contribution in [3.05, 3.63) is 33.8 Å². The van der Waals surface area contributed by atoms with Crippen molar-refractivity contribution in [2.24, 2.45) is 0 Å². The number of methoxy groups -OCH3 is 1. The van der Waals surface area contributed by atoms with Crippen molar-refractivity contribution in [3.63, 3.8) is 0 Å². The van der Waals surface area contributed by atoms with E-state index in [1.165, 1.54) is 0 Å². The van der Waals surface area contributed by atoms with Crippen LogP contribution in [0.15, 0.2) is 18.2 Å². The van der Waals surface area contributed by atoms with Crippen LogP contribution >= 0.6 is 23.2 Å². The highest BCUT2D eigenvalue weighted by Crippen LogP contribution is 2.26. The molecule has 0 saturated carbocycles. The lowest BCUT2D eigenvalue weighted by atomic mass is 10.0.